The van der Waals surface area contributed by atoms with E-state index in [-0.39, 0.29) is 42.2 Å². The van der Waals surface area contributed by atoms with Crippen LogP contribution in [0.15, 0.2) is 106 Å². The van der Waals surface area contributed by atoms with Crippen molar-refractivity contribution < 1.29 is 29.0 Å². The number of allylic oxidation sites excluding steroid dienone is 11. The van der Waals surface area contributed by atoms with Crippen molar-refractivity contribution in [1.29, 1.82) is 0 Å². The fourth-order valence-electron chi connectivity index (χ4n) is 7.28. The average Bonchev–Trinajstić information content (AvgIpc) is 3.76. The van der Waals surface area contributed by atoms with Crippen LogP contribution in [0.5, 0.6) is 0 Å². The maximum atomic E-state index is 13.3. The highest BCUT2D eigenvalue weighted by atomic mass is 16.5. The maximum Gasteiger partial charge on any atom is 0.321 e. The summed E-state index contributed by atoms with van der Waals surface area (Å²) in [4.78, 5) is 53.5. The van der Waals surface area contributed by atoms with Crippen LogP contribution < -0.4 is 5.32 Å². The van der Waals surface area contributed by atoms with Gasteiger partial charge in [0.2, 0.25) is 0 Å². The van der Waals surface area contributed by atoms with Crippen LogP contribution in [0, 0.1) is 17.8 Å². The van der Waals surface area contributed by atoms with Gasteiger partial charge >= 0.3 is 11.9 Å². The Morgan fingerprint density at radius 2 is 1.67 bits per heavy atom. The molecule has 3 atom stereocenters. The Morgan fingerprint density at radius 3 is 2.33 bits per heavy atom. The fraction of sp³-hybridized carbons (Fsp3) is 0.389. The molecule has 8 bridgehead atoms. The van der Waals surface area contributed by atoms with Crippen molar-refractivity contribution in [2.45, 2.75) is 60.8 Å². The first-order valence-electron chi connectivity index (χ1n) is 15.6. The maximum absolute atomic E-state index is 13.3. The van der Waals surface area contributed by atoms with Crippen LogP contribution in [0.3, 0.4) is 0 Å². The van der Waals surface area contributed by atoms with Crippen molar-refractivity contribution in [2.75, 3.05) is 14.2 Å². The standard InChI is InChI=1S/C36H38N4O6/c1-9-20-15(2)22-14-27-29(19(6)41)17(4)24(38-27)12-23-16(3)21(10-11-28(42)45-7)33(39-23)31-32(36(44)46-8)35(43)30-18(5)25(40-34(30)31)13-26(20)37-22/h12-15,20,32,37,43H,9-11H2,1-8H3/t15-,20-,32-/m1/s1. The Labute approximate surface area is 268 Å². The van der Waals surface area contributed by atoms with Gasteiger partial charge in [-0.05, 0) is 81.1 Å². The van der Waals surface area contributed by atoms with Crippen molar-refractivity contribution in [1.82, 2.24) is 5.32 Å². The molecule has 0 radical (unpaired) electrons. The summed E-state index contributed by atoms with van der Waals surface area (Å²) in [6, 6.07) is 0. The number of carbonyl (C=O) groups excluding carboxylic acids is 3. The number of aliphatic hydroxyl groups is 1. The molecule has 0 amide bonds. The van der Waals surface area contributed by atoms with E-state index in [1.54, 1.807) is 6.92 Å². The number of ketones is 1. The first-order valence-corrected chi connectivity index (χ1v) is 15.6. The van der Waals surface area contributed by atoms with Gasteiger partial charge in [-0.1, -0.05) is 13.8 Å². The van der Waals surface area contributed by atoms with Gasteiger partial charge in [0.1, 0.15) is 11.7 Å². The zero-order valence-electron chi connectivity index (χ0n) is 27.4. The van der Waals surface area contributed by atoms with Gasteiger partial charge in [-0.15, -0.1) is 0 Å². The zero-order chi connectivity index (χ0) is 33.2. The number of nitrogens with zero attached hydrogens (tertiary/aromatic N) is 3. The van der Waals surface area contributed by atoms with Crippen molar-refractivity contribution >= 4 is 34.9 Å². The quantitative estimate of drug-likeness (QED) is 0.368. The molecule has 5 aliphatic heterocycles. The van der Waals surface area contributed by atoms with Crippen molar-refractivity contribution in [2.24, 2.45) is 32.7 Å². The van der Waals surface area contributed by atoms with E-state index in [1.807, 2.05) is 39.0 Å². The second-order valence-corrected chi connectivity index (χ2v) is 12.3. The van der Waals surface area contributed by atoms with E-state index < -0.39 is 11.9 Å². The molecule has 0 aromatic rings. The van der Waals surface area contributed by atoms with Crippen LogP contribution in [0.25, 0.3) is 0 Å². The molecular weight excluding hydrogens is 584 g/mol. The molecule has 6 rings (SSSR count). The molecule has 0 spiro atoms. The molecule has 6 aliphatic rings. The van der Waals surface area contributed by atoms with E-state index >= 15 is 0 Å². The minimum absolute atomic E-state index is 0.0840. The van der Waals surface area contributed by atoms with E-state index in [2.05, 4.69) is 19.2 Å². The molecule has 5 heterocycles. The molecule has 0 aromatic carbocycles. The summed E-state index contributed by atoms with van der Waals surface area (Å²) in [5.74, 6) is -2.10. The number of aliphatic imine (C=N–C) groups is 3. The molecule has 1 fully saturated rings. The SMILES string of the molecule is CC[C@H]1C2=CC3=C(C)C4=C(O)[C@H](C(=O)OC)C(=C5N=C(C=C6N=C(C=C(N2)[C@@H]1C)C(C(C)=O)=C6C)C(C)=C5CCC(=O)OC)C4=N3. The Hall–Kier alpha value is -4.86. The summed E-state index contributed by atoms with van der Waals surface area (Å²) in [6.45, 7) is 11.5. The molecule has 10 nitrogen and oxygen atoms in total. The Morgan fingerprint density at radius 1 is 0.935 bits per heavy atom. The molecule has 238 valence electrons. The highest BCUT2D eigenvalue weighted by molar-refractivity contribution is 6.29. The van der Waals surface area contributed by atoms with Gasteiger partial charge in [0.25, 0.3) is 0 Å². The number of Topliss-reactive ketones (excluding diaryl/α,β-unsaturated/α-hetero) is 1. The van der Waals surface area contributed by atoms with Gasteiger partial charge in [0.05, 0.1) is 48.4 Å². The van der Waals surface area contributed by atoms with Crippen LogP contribution in [0.2, 0.25) is 0 Å². The molecule has 46 heavy (non-hydrogen) atoms. The van der Waals surface area contributed by atoms with Crippen LogP contribution in [-0.4, -0.2) is 54.2 Å². The number of nitrogens with one attached hydrogen (secondary N) is 1. The van der Waals surface area contributed by atoms with Gasteiger partial charge in [-0.3, -0.25) is 14.4 Å². The van der Waals surface area contributed by atoms with Crippen LogP contribution in [0.1, 0.15) is 60.8 Å². The van der Waals surface area contributed by atoms with E-state index in [9.17, 15) is 19.5 Å². The largest absolute Gasteiger partial charge is 0.510 e. The molecular formula is C36H38N4O6. The van der Waals surface area contributed by atoms with E-state index in [1.165, 1.54) is 14.2 Å². The van der Waals surface area contributed by atoms with E-state index in [4.69, 9.17) is 24.5 Å². The smallest absolute Gasteiger partial charge is 0.321 e. The number of esters is 2. The lowest BCUT2D eigenvalue weighted by atomic mass is 9.89. The van der Waals surface area contributed by atoms with Crippen LogP contribution >= 0.6 is 0 Å². The van der Waals surface area contributed by atoms with Gasteiger partial charge < -0.3 is 19.9 Å². The zero-order valence-corrected chi connectivity index (χ0v) is 27.4. The molecule has 0 unspecified atom stereocenters. The molecule has 2 N–H and O–H groups in total. The highest BCUT2D eigenvalue weighted by Gasteiger charge is 2.47. The summed E-state index contributed by atoms with van der Waals surface area (Å²) in [6.07, 6.45) is 7.04. The fourth-order valence-corrected chi connectivity index (χ4v) is 7.28. The lowest BCUT2D eigenvalue weighted by Gasteiger charge is -2.15. The summed E-state index contributed by atoms with van der Waals surface area (Å²) >= 11 is 0. The summed E-state index contributed by atoms with van der Waals surface area (Å²) < 4.78 is 10.1. The second kappa shape index (κ2) is 11.5. The van der Waals surface area contributed by atoms with Crippen molar-refractivity contribution in [3.8, 4) is 0 Å². The van der Waals surface area contributed by atoms with Crippen molar-refractivity contribution in [3.05, 3.63) is 91.5 Å². The number of ether oxygens (including phenoxy) is 2. The number of fused-ring (bicyclic) bond motifs is 5. The number of rotatable bonds is 6. The van der Waals surface area contributed by atoms with Gasteiger partial charge in [0.15, 0.2) is 5.78 Å². The van der Waals surface area contributed by atoms with E-state index in [0.29, 0.717) is 50.9 Å². The van der Waals surface area contributed by atoms with Gasteiger partial charge in [0, 0.05) is 46.4 Å². The minimum atomic E-state index is -1.14. The third-order valence-electron chi connectivity index (χ3n) is 9.84. The number of carbonyl (C=O) groups is 3. The monoisotopic (exact) mass is 622 g/mol. The van der Waals surface area contributed by atoms with E-state index in [0.717, 1.165) is 40.1 Å². The van der Waals surface area contributed by atoms with Gasteiger partial charge in [-0.2, -0.15) is 0 Å². The normalized spacial score (nSPS) is 25.0. The number of methoxy groups -OCH3 is 2. The Kier molecular flexibility index (Phi) is 7.78. The molecule has 1 saturated heterocycles. The topological polar surface area (TPSA) is 139 Å². The number of hydrogen-bond acceptors (Lipinski definition) is 10. The van der Waals surface area contributed by atoms with Crippen molar-refractivity contribution in [3.63, 3.8) is 0 Å². The predicted molar refractivity (Wildman–Crippen MR) is 175 cm³/mol. The number of aliphatic hydroxyl groups excluding tert-OH is 1. The number of hydrogen-bond donors (Lipinski definition) is 2. The Bertz CT molecular complexity index is 1880. The highest BCUT2D eigenvalue weighted by Crippen LogP contribution is 2.48. The molecule has 1 aliphatic carbocycles. The predicted octanol–water partition coefficient (Wildman–Crippen LogP) is 5.60. The first-order chi connectivity index (χ1) is 21.9. The third kappa shape index (κ3) is 4.69. The van der Waals surface area contributed by atoms with Crippen LogP contribution in [0.4, 0.5) is 0 Å². The van der Waals surface area contributed by atoms with Crippen LogP contribution in [-0.2, 0) is 23.9 Å². The lowest BCUT2D eigenvalue weighted by Crippen LogP contribution is -2.21. The summed E-state index contributed by atoms with van der Waals surface area (Å²) in [7, 11) is 2.62. The lowest BCUT2D eigenvalue weighted by molar-refractivity contribution is -0.143. The average molecular weight is 623 g/mol. The Balaban J connectivity index is 1.68. The third-order valence-corrected chi connectivity index (χ3v) is 9.84. The molecule has 0 aromatic heterocycles. The molecule has 10 heteroatoms. The molecule has 0 saturated carbocycles. The first kappa shape index (κ1) is 31.1. The van der Waals surface area contributed by atoms with Gasteiger partial charge in [-0.25, -0.2) is 15.0 Å². The second-order valence-electron chi connectivity index (χ2n) is 12.3. The summed E-state index contributed by atoms with van der Waals surface area (Å²) in [5.41, 5.74) is 9.73. The summed E-state index contributed by atoms with van der Waals surface area (Å²) in [5, 5.41) is 15.2. The minimum Gasteiger partial charge on any atom is -0.510 e.